The van der Waals surface area contributed by atoms with E-state index in [1.54, 1.807) is 0 Å². The number of carbonyl (C=O) groups excluding carboxylic acids is 1. The average molecular weight is 883 g/mol. The lowest BCUT2D eigenvalue weighted by atomic mass is 9.83. The van der Waals surface area contributed by atoms with Crippen LogP contribution in [0, 0.1) is 11.8 Å². The molecule has 15 heteroatoms. The van der Waals surface area contributed by atoms with E-state index in [9.17, 15) is 25.2 Å². The van der Waals surface area contributed by atoms with Crippen LogP contribution in [0.15, 0.2) is 0 Å². The number of hydrogen-bond acceptors (Lipinski definition) is 15. The molecule has 364 valence electrons. The maximum atomic E-state index is 13.0. The standard InChI is InChI=1S/C30H56O14.C16H34O/c1-4-6-23-30(42-15-14-39-11-9-32)27(35)21(29(44-23)22(33)7-8-31)17-41-19-25-28(36)26(34)20(16-37-3)24(43-25)18-40-13-12-38-10-5-2;1-2-3-4-5-6-7-8-9-10-11-12-13-14-15-16-17/h20-21,23-32,34-36H,4-19H2,1-3H3;17H,2-16H2,1H3/t20-,21-,23+,24?,25-,26+,27?,28?,29+,30?;/m0./s1. The lowest BCUT2D eigenvalue weighted by Crippen LogP contribution is -2.60. The van der Waals surface area contributed by atoms with E-state index in [4.69, 9.17) is 48.1 Å². The molecule has 2 aliphatic rings. The van der Waals surface area contributed by atoms with Crippen molar-refractivity contribution in [3.8, 4) is 0 Å². The average Bonchev–Trinajstić information content (AvgIpc) is 3.25. The van der Waals surface area contributed by atoms with Gasteiger partial charge in [0.05, 0.1) is 97.1 Å². The highest BCUT2D eigenvalue weighted by molar-refractivity contribution is 5.83. The van der Waals surface area contributed by atoms with Crippen molar-refractivity contribution in [2.75, 3.05) is 93.0 Å². The first-order valence-corrected chi connectivity index (χ1v) is 23.9. The minimum Gasteiger partial charge on any atom is -0.396 e. The highest BCUT2D eigenvalue weighted by Crippen LogP contribution is 2.33. The number of ether oxygens (including phenoxy) is 8. The number of aliphatic hydroxyl groups is 6. The molecule has 15 nitrogen and oxygen atoms in total. The van der Waals surface area contributed by atoms with E-state index in [2.05, 4.69) is 6.92 Å². The van der Waals surface area contributed by atoms with Crippen molar-refractivity contribution in [3.63, 3.8) is 0 Å². The van der Waals surface area contributed by atoms with Crippen molar-refractivity contribution in [1.29, 1.82) is 0 Å². The number of rotatable bonds is 38. The number of hydrogen-bond donors (Lipinski definition) is 6. The van der Waals surface area contributed by atoms with Crippen LogP contribution in [0.3, 0.4) is 0 Å². The zero-order chi connectivity index (χ0) is 44.9. The number of methoxy groups -OCH3 is 1. The number of ketones is 1. The van der Waals surface area contributed by atoms with E-state index in [-0.39, 0.29) is 71.7 Å². The van der Waals surface area contributed by atoms with Gasteiger partial charge >= 0.3 is 0 Å². The van der Waals surface area contributed by atoms with E-state index in [1.165, 1.54) is 90.6 Å². The summed E-state index contributed by atoms with van der Waals surface area (Å²) in [4.78, 5) is 13.0. The number of carbonyl (C=O) groups is 1. The Morgan fingerprint density at radius 2 is 1.08 bits per heavy atom. The quantitative estimate of drug-likeness (QED) is 0.0470. The van der Waals surface area contributed by atoms with Crippen molar-refractivity contribution in [2.45, 2.75) is 185 Å². The highest BCUT2D eigenvalue weighted by Gasteiger charge is 2.49. The van der Waals surface area contributed by atoms with E-state index < -0.39 is 60.7 Å². The molecule has 2 heterocycles. The Kier molecular flexibility index (Phi) is 37.6. The molecule has 2 aliphatic heterocycles. The number of Topliss-reactive ketones (excluding diaryl/α,β-unsaturated/α-hetero) is 1. The Labute approximate surface area is 368 Å². The molecule has 10 atom stereocenters. The predicted octanol–water partition coefficient (Wildman–Crippen LogP) is 4.55. The molecule has 61 heavy (non-hydrogen) atoms. The Bertz CT molecular complexity index is 965. The third kappa shape index (κ3) is 25.4. The van der Waals surface area contributed by atoms with E-state index >= 15 is 0 Å². The van der Waals surface area contributed by atoms with E-state index in [1.807, 2.05) is 13.8 Å². The molecule has 0 bridgehead atoms. The van der Waals surface area contributed by atoms with Gasteiger partial charge in [-0.15, -0.1) is 0 Å². The molecule has 0 aromatic heterocycles. The third-order valence-corrected chi connectivity index (χ3v) is 11.3. The summed E-state index contributed by atoms with van der Waals surface area (Å²) in [6.07, 6.45) is 13.8. The van der Waals surface area contributed by atoms with Crippen LogP contribution in [0.2, 0.25) is 0 Å². The molecule has 0 radical (unpaired) electrons. The zero-order valence-corrected chi connectivity index (χ0v) is 38.6. The topological polar surface area (TPSA) is 212 Å². The molecule has 2 rings (SSSR count). The van der Waals surface area contributed by atoms with Crippen LogP contribution in [-0.4, -0.2) is 178 Å². The monoisotopic (exact) mass is 883 g/mol. The fourth-order valence-electron chi connectivity index (χ4n) is 7.88. The molecule has 4 unspecified atom stereocenters. The van der Waals surface area contributed by atoms with Crippen LogP contribution in [0.25, 0.3) is 0 Å². The van der Waals surface area contributed by atoms with Gasteiger partial charge in [-0.2, -0.15) is 0 Å². The molecule has 0 amide bonds. The Morgan fingerprint density at radius 3 is 1.66 bits per heavy atom. The van der Waals surface area contributed by atoms with Gasteiger partial charge in [-0.25, -0.2) is 0 Å². The molecule has 0 saturated carbocycles. The molecule has 0 spiro atoms. The second-order valence-electron chi connectivity index (χ2n) is 16.5. The van der Waals surface area contributed by atoms with Crippen molar-refractivity contribution in [3.05, 3.63) is 0 Å². The highest BCUT2D eigenvalue weighted by atomic mass is 16.6. The van der Waals surface area contributed by atoms with Crippen LogP contribution in [-0.2, 0) is 42.7 Å². The second kappa shape index (κ2) is 39.5. The summed E-state index contributed by atoms with van der Waals surface area (Å²) in [6.45, 7) is 8.09. The third-order valence-electron chi connectivity index (χ3n) is 11.3. The summed E-state index contributed by atoms with van der Waals surface area (Å²) in [5.74, 6) is -1.73. The minimum absolute atomic E-state index is 0.118. The number of unbranched alkanes of at least 4 members (excludes halogenated alkanes) is 13. The Hall–Kier alpha value is -0.890. The SMILES string of the molecule is CCCCCCCCCCCCCCCCO.CCCOCCOCC1O[C@@H](COC[C@H]2C(O)C(OCCOCCO)[C@@H](CCC)O[C@H]2C(=O)CCO)C(O)[C@H](O)[C@H]1COC. The normalized spacial score (nSPS) is 26.6. The lowest BCUT2D eigenvalue weighted by Gasteiger charge is -2.45. The second-order valence-corrected chi connectivity index (χ2v) is 16.5. The molecule has 6 N–H and O–H groups in total. The summed E-state index contributed by atoms with van der Waals surface area (Å²) in [6, 6.07) is 0. The molecule has 0 aliphatic carbocycles. The first-order chi connectivity index (χ1) is 29.7. The summed E-state index contributed by atoms with van der Waals surface area (Å²) in [7, 11) is 1.50. The van der Waals surface area contributed by atoms with Gasteiger partial charge < -0.3 is 68.5 Å². The molecule has 2 saturated heterocycles. The summed E-state index contributed by atoms with van der Waals surface area (Å²) in [5.41, 5.74) is 0. The zero-order valence-electron chi connectivity index (χ0n) is 38.6. The molecular weight excluding hydrogens is 792 g/mol. The fraction of sp³-hybridized carbons (Fsp3) is 0.978. The van der Waals surface area contributed by atoms with Crippen LogP contribution in [0.4, 0.5) is 0 Å². The van der Waals surface area contributed by atoms with Crippen LogP contribution < -0.4 is 0 Å². The van der Waals surface area contributed by atoms with Crippen molar-refractivity contribution in [2.24, 2.45) is 11.8 Å². The maximum Gasteiger partial charge on any atom is 0.164 e. The summed E-state index contributed by atoms with van der Waals surface area (Å²) in [5, 5.41) is 60.1. The van der Waals surface area contributed by atoms with Gasteiger partial charge in [0.2, 0.25) is 0 Å². The molecule has 0 aromatic rings. The minimum atomic E-state index is -1.28. The van der Waals surface area contributed by atoms with Crippen LogP contribution in [0.1, 0.15) is 136 Å². The lowest BCUT2D eigenvalue weighted by molar-refractivity contribution is -0.242. The van der Waals surface area contributed by atoms with Crippen LogP contribution in [0.5, 0.6) is 0 Å². The van der Waals surface area contributed by atoms with Gasteiger partial charge in [-0.05, 0) is 19.3 Å². The molecule has 2 fully saturated rings. The van der Waals surface area contributed by atoms with E-state index in [0.717, 1.165) is 19.3 Å². The molecular formula is C46H90O15. The Balaban J connectivity index is 0.000000918. The summed E-state index contributed by atoms with van der Waals surface area (Å²) < 4.78 is 45.8. The van der Waals surface area contributed by atoms with Crippen molar-refractivity contribution < 1.29 is 73.3 Å². The molecule has 0 aromatic carbocycles. The largest absolute Gasteiger partial charge is 0.396 e. The number of aliphatic hydroxyl groups excluding tert-OH is 6. The maximum absolute atomic E-state index is 13.0. The van der Waals surface area contributed by atoms with E-state index in [0.29, 0.717) is 32.8 Å². The smallest absolute Gasteiger partial charge is 0.164 e. The van der Waals surface area contributed by atoms with Crippen molar-refractivity contribution in [1.82, 2.24) is 0 Å². The van der Waals surface area contributed by atoms with Gasteiger partial charge in [0.25, 0.3) is 0 Å². The van der Waals surface area contributed by atoms with Gasteiger partial charge in [0.1, 0.15) is 24.4 Å². The predicted molar refractivity (Wildman–Crippen MR) is 234 cm³/mol. The van der Waals surface area contributed by atoms with Crippen molar-refractivity contribution >= 4 is 5.78 Å². The first kappa shape index (κ1) is 58.1. The van der Waals surface area contributed by atoms with Gasteiger partial charge in [-0.3, -0.25) is 4.79 Å². The first-order valence-electron chi connectivity index (χ1n) is 23.9. The van der Waals surface area contributed by atoms with Gasteiger partial charge in [0.15, 0.2) is 5.78 Å². The Morgan fingerprint density at radius 1 is 0.492 bits per heavy atom. The summed E-state index contributed by atoms with van der Waals surface area (Å²) >= 11 is 0. The fourth-order valence-corrected chi connectivity index (χ4v) is 7.88. The van der Waals surface area contributed by atoms with Gasteiger partial charge in [0, 0.05) is 38.6 Å². The van der Waals surface area contributed by atoms with Gasteiger partial charge in [-0.1, -0.05) is 111 Å². The van der Waals surface area contributed by atoms with Crippen LogP contribution >= 0.6 is 0 Å².